The van der Waals surface area contributed by atoms with Gasteiger partial charge in [-0.1, -0.05) is 5.10 Å². The van der Waals surface area contributed by atoms with Crippen molar-refractivity contribution in [2.45, 2.75) is 37.6 Å². The molecular weight excluding hydrogens is 246 g/mol. The molecule has 0 bridgehead atoms. The summed E-state index contributed by atoms with van der Waals surface area (Å²) in [5.41, 5.74) is 5.88. The molecule has 0 aromatic carbocycles. The van der Waals surface area contributed by atoms with E-state index >= 15 is 0 Å². The van der Waals surface area contributed by atoms with Crippen molar-refractivity contribution >= 4 is 11.9 Å². The minimum atomic E-state index is -0.125. The molecule has 1 saturated heterocycles. The molecule has 2 fully saturated rings. The molecule has 1 aliphatic heterocycles. The monoisotopic (exact) mass is 265 g/mol. The maximum atomic E-state index is 11.9. The quantitative estimate of drug-likeness (QED) is 0.813. The Morgan fingerprint density at radius 3 is 3.00 bits per heavy atom. The number of nitrogens with zero attached hydrogens (tertiary/aromatic N) is 3. The molecule has 1 aromatic rings. The lowest BCUT2D eigenvalue weighted by Crippen LogP contribution is -2.45. The Hall–Kier alpha value is -1.47. The van der Waals surface area contributed by atoms with Crippen LogP contribution in [-0.2, 0) is 4.79 Å². The van der Waals surface area contributed by atoms with Crippen LogP contribution in [0.3, 0.4) is 0 Å². The number of carbonyl (C=O) groups excluding carboxylic acids is 1. The van der Waals surface area contributed by atoms with Crippen molar-refractivity contribution in [1.82, 2.24) is 15.1 Å². The van der Waals surface area contributed by atoms with Gasteiger partial charge in [-0.2, -0.15) is 0 Å². The van der Waals surface area contributed by atoms with Gasteiger partial charge in [0.15, 0.2) is 0 Å². The van der Waals surface area contributed by atoms with Crippen LogP contribution in [-0.4, -0.2) is 46.7 Å². The van der Waals surface area contributed by atoms with Crippen LogP contribution >= 0.6 is 0 Å². The van der Waals surface area contributed by atoms with E-state index in [1.807, 2.05) is 0 Å². The predicted octanol–water partition coefficient (Wildman–Crippen LogP) is 0.309. The van der Waals surface area contributed by atoms with Gasteiger partial charge in [-0.25, -0.2) is 0 Å². The molecule has 2 aliphatic rings. The molecule has 3 rings (SSSR count). The largest absolute Gasteiger partial charge is 0.408 e. The molecule has 1 amide bonds. The zero-order valence-electron chi connectivity index (χ0n) is 10.8. The molecule has 19 heavy (non-hydrogen) atoms. The Balaban J connectivity index is 1.49. The number of hydrogen-bond donors (Lipinski definition) is 2. The fourth-order valence-corrected chi connectivity index (χ4v) is 2.38. The Morgan fingerprint density at radius 1 is 1.42 bits per heavy atom. The number of carbonyl (C=O) groups is 1. The third-order valence-corrected chi connectivity index (χ3v) is 3.52. The summed E-state index contributed by atoms with van der Waals surface area (Å²) in [7, 11) is 0. The molecule has 7 heteroatoms. The van der Waals surface area contributed by atoms with Crippen molar-refractivity contribution in [1.29, 1.82) is 0 Å². The fraction of sp³-hybridized carbons (Fsp3) is 0.750. The summed E-state index contributed by atoms with van der Waals surface area (Å²) < 4.78 is 5.39. The van der Waals surface area contributed by atoms with Crippen LogP contribution in [0.25, 0.3) is 0 Å². The normalized spacial score (nSPS) is 24.4. The van der Waals surface area contributed by atoms with E-state index in [0.29, 0.717) is 18.4 Å². The van der Waals surface area contributed by atoms with E-state index in [-0.39, 0.29) is 18.0 Å². The average molecular weight is 265 g/mol. The number of amides is 1. The molecular formula is C12H19N5O2. The summed E-state index contributed by atoms with van der Waals surface area (Å²) >= 11 is 0. The third kappa shape index (κ3) is 3.30. The van der Waals surface area contributed by atoms with Gasteiger partial charge in [0, 0.05) is 18.5 Å². The average Bonchev–Trinajstić information content (AvgIpc) is 3.11. The number of nitrogens with two attached hydrogens (primary N) is 1. The van der Waals surface area contributed by atoms with Crippen LogP contribution in [0.5, 0.6) is 0 Å². The second-order valence-electron chi connectivity index (χ2n) is 5.41. The second kappa shape index (κ2) is 5.26. The van der Waals surface area contributed by atoms with Gasteiger partial charge in [-0.15, -0.1) is 5.10 Å². The van der Waals surface area contributed by atoms with Crippen LogP contribution in [0.2, 0.25) is 0 Å². The van der Waals surface area contributed by atoms with Gasteiger partial charge in [0.1, 0.15) is 0 Å². The van der Waals surface area contributed by atoms with Crippen molar-refractivity contribution in [3.63, 3.8) is 0 Å². The van der Waals surface area contributed by atoms with E-state index in [4.69, 9.17) is 10.2 Å². The second-order valence-corrected chi connectivity index (χ2v) is 5.41. The Kier molecular flexibility index (Phi) is 3.48. The van der Waals surface area contributed by atoms with Gasteiger partial charge in [-0.3, -0.25) is 15.0 Å². The van der Waals surface area contributed by atoms with Gasteiger partial charge in [0.2, 0.25) is 11.8 Å². The highest BCUT2D eigenvalue weighted by atomic mass is 16.4. The molecule has 0 radical (unpaired) electrons. The maximum Gasteiger partial charge on any atom is 0.322 e. The SMILES string of the molecule is N[C@@H]1CCCN(CC(=O)Nc2nnc(C3CC3)o2)C1. The summed E-state index contributed by atoms with van der Waals surface area (Å²) in [4.78, 5) is 13.9. The topological polar surface area (TPSA) is 97.3 Å². The van der Waals surface area contributed by atoms with Crippen molar-refractivity contribution < 1.29 is 9.21 Å². The molecule has 0 spiro atoms. The molecule has 1 aromatic heterocycles. The summed E-state index contributed by atoms with van der Waals surface area (Å²) in [5, 5.41) is 10.4. The number of piperidine rings is 1. The zero-order chi connectivity index (χ0) is 13.2. The highest BCUT2D eigenvalue weighted by molar-refractivity contribution is 5.90. The molecule has 104 valence electrons. The number of anilines is 1. The van der Waals surface area contributed by atoms with Crippen molar-refractivity contribution in [3.05, 3.63) is 5.89 Å². The number of likely N-dealkylation sites (tertiary alicyclic amines) is 1. The van der Waals surface area contributed by atoms with Gasteiger partial charge in [-0.05, 0) is 32.2 Å². The third-order valence-electron chi connectivity index (χ3n) is 3.52. The number of nitrogens with one attached hydrogen (secondary N) is 1. The van der Waals surface area contributed by atoms with Gasteiger partial charge < -0.3 is 10.2 Å². The van der Waals surface area contributed by atoms with Crippen LogP contribution < -0.4 is 11.1 Å². The molecule has 2 heterocycles. The molecule has 1 atom stereocenters. The fourth-order valence-electron chi connectivity index (χ4n) is 2.38. The first-order valence-electron chi connectivity index (χ1n) is 6.82. The zero-order valence-corrected chi connectivity index (χ0v) is 10.8. The number of aromatic nitrogens is 2. The highest BCUT2D eigenvalue weighted by Crippen LogP contribution is 2.39. The van der Waals surface area contributed by atoms with Crippen molar-refractivity contribution in [2.75, 3.05) is 25.0 Å². The first kappa shape index (κ1) is 12.6. The summed E-state index contributed by atoms with van der Waals surface area (Å²) in [6, 6.07) is 0.375. The van der Waals surface area contributed by atoms with Gasteiger partial charge in [0.25, 0.3) is 0 Å². The molecule has 1 aliphatic carbocycles. The predicted molar refractivity (Wildman–Crippen MR) is 68.6 cm³/mol. The molecule has 7 nitrogen and oxygen atoms in total. The van der Waals surface area contributed by atoms with E-state index < -0.39 is 0 Å². The Morgan fingerprint density at radius 2 is 2.26 bits per heavy atom. The lowest BCUT2D eigenvalue weighted by molar-refractivity contribution is -0.117. The van der Waals surface area contributed by atoms with Crippen LogP contribution in [0.15, 0.2) is 4.42 Å². The summed E-state index contributed by atoms with van der Waals surface area (Å²) in [5.74, 6) is 0.911. The van der Waals surface area contributed by atoms with Gasteiger partial charge >= 0.3 is 6.01 Å². The lowest BCUT2D eigenvalue weighted by atomic mass is 10.1. The van der Waals surface area contributed by atoms with Gasteiger partial charge in [0.05, 0.1) is 6.54 Å². The summed E-state index contributed by atoms with van der Waals surface area (Å²) in [6.45, 7) is 2.01. The van der Waals surface area contributed by atoms with E-state index in [0.717, 1.165) is 38.8 Å². The molecule has 1 saturated carbocycles. The first-order chi connectivity index (χ1) is 9.20. The van der Waals surface area contributed by atoms with E-state index in [2.05, 4.69) is 20.4 Å². The first-order valence-corrected chi connectivity index (χ1v) is 6.82. The van der Waals surface area contributed by atoms with E-state index in [1.165, 1.54) is 0 Å². The van der Waals surface area contributed by atoms with E-state index in [1.54, 1.807) is 0 Å². The van der Waals surface area contributed by atoms with E-state index in [9.17, 15) is 4.79 Å². The van der Waals surface area contributed by atoms with Crippen molar-refractivity contribution in [2.24, 2.45) is 5.73 Å². The Labute approximate surface area is 111 Å². The smallest absolute Gasteiger partial charge is 0.322 e. The molecule has 3 N–H and O–H groups in total. The number of rotatable bonds is 4. The molecule has 0 unspecified atom stereocenters. The van der Waals surface area contributed by atoms with Crippen LogP contribution in [0, 0.1) is 0 Å². The highest BCUT2D eigenvalue weighted by Gasteiger charge is 2.29. The van der Waals surface area contributed by atoms with Crippen molar-refractivity contribution in [3.8, 4) is 0 Å². The standard InChI is InChI=1S/C12H19N5O2/c13-9-2-1-5-17(6-9)7-10(18)14-12-16-15-11(19-12)8-3-4-8/h8-9H,1-7,13H2,(H,14,16,18)/t9-/m1/s1. The minimum Gasteiger partial charge on any atom is -0.408 e. The Bertz CT molecular complexity index is 457. The minimum absolute atomic E-state index is 0.125. The summed E-state index contributed by atoms with van der Waals surface area (Å²) in [6.07, 6.45) is 4.27. The van der Waals surface area contributed by atoms with Crippen LogP contribution in [0.4, 0.5) is 6.01 Å². The number of hydrogen-bond acceptors (Lipinski definition) is 6. The lowest BCUT2D eigenvalue weighted by Gasteiger charge is -2.29. The maximum absolute atomic E-state index is 11.9. The van der Waals surface area contributed by atoms with Crippen LogP contribution in [0.1, 0.15) is 37.5 Å².